The normalized spacial score (nSPS) is 20.3. The number of nitrogens with zero attached hydrogens (tertiary/aromatic N) is 1. The summed E-state index contributed by atoms with van der Waals surface area (Å²) in [4.78, 5) is 11.6. The summed E-state index contributed by atoms with van der Waals surface area (Å²) in [7, 11) is -2.19. The van der Waals surface area contributed by atoms with Gasteiger partial charge in [-0.2, -0.15) is 17.4 Å². The highest BCUT2D eigenvalue weighted by atomic mass is 32.2. The molecular weight excluding hydrogens is 254 g/mol. The van der Waals surface area contributed by atoms with Gasteiger partial charge >= 0.3 is 0 Å². The molecular formula is C11H23N3O3S. The summed E-state index contributed by atoms with van der Waals surface area (Å²) in [6.07, 6.45) is 3.60. The Labute approximate surface area is 109 Å². The molecule has 6 nitrogen and oxygen atoms in total. The van der Waals surface area contributed by atoms with E-state index in [9.17, 15) is 13.2 Å². The highest BCUT2D eigenvalue weighted by Gasteiger charge is 2.42. The molecule has 0 aromatic carbocycles. The van der Waals surface area contributed by atoms with Gasteiger partial charge in [0.25, 0.3) is 10.2 Å². The van der Waals surface area contributed by atoms with Crippen molar-refractivity contribution in [3.05, 3.63) is 0 Å². The third kappa shape index (κ3) is 3.21. The summed E-state index contributed by atoms with van der Waals surface area (Å²) in [5.74, 6) is -0.581. The molecule has 1 aliphatic carbocycles. The van der Waals surface area contributed by atoms with Gasteiger partial charge in [0.15, 0.2) is 0 Å². The van der Waals surface area contributed by atoms with Gasteiger partial charge in [-0.3, -0.25) is 4.79 Å². The number of hydrogen-bond donors (Lipinski definition) is 2. The van der Waals surface area contributed by atoms with Crippen molar-refractivity contribution in [2.45, 2.75) is 57.5 Å². The molecule has 1 fully saturated rings. The monoisotopic (exact) mass is 277 g/mol. The maximum absolute atomic E-state index is 12.2. The minimum atomic E-state index is -3.68. The molecule has 18 heavy (non-hydrogen) atoms. The van der Waals surface area contributed by atoms with E-state index in [-0.39, 0.29) is 6.04 Å². The number of carbonyl (C=O) groups is 1. The number of carbonyl (C=O) groups excluding carboxylic acids is 1. The molecule has 7 heteroatoms. The van der Waals surface area contributed by atoms with Gasteiger partial charge in [-0.1, -0.05) is 19.3 Å². The van der Waals surface area contributed by atoms with Gasteiger partial charge in [0, 0.05) is 13.1 Å². The first-order valence-corrected chi connectivity index (χ1v) is 7.72. The van der Waals surface area contributed by atoms with Crippen LogP contribution in [0.1, 0.15) is 46.0 Å². The van der Waals surface area contributed by atoms with Gasteiger partial charge in [-0.25, -0.2) is 0 Å². The van der Waals surface area contributed by atoms with Crippen LogP contribution in [0.5, 0.6) is 0 Å². The molecule has 0 aromatic heterocycles. The Balaban J connectivity index is 2.94. The number of amides is 1. The Morgan fingerprint density at radius 3 is 2.17 bits per heavy atom. The molecule has 1 amide bonds. The molecule has 1 rings (SSSR count). The summed E-state index contributed by atoms with van der Waals surface area (Å²) in [6, 6.07) is -0.170. The van der Waals surface area contributed by atoms with Crippen LogP contribution in [0.15, 0.2) is 0 Å². The second kappa shape index (κ2) is 5.54. The lowest BCUT2D eigenvalue weighted by molar-refractivity contribution is -0.124. The van der Waals surface area contributed by atoms with E-state index in [1.807, 2.05) is 0 Å². The van der Waals surface area contributed by atoms with Crippen molar-refractivity contribution >= 4 is 16.1 Å². The van der Waals surface area contributed by atoms with Crippen molar-refractivity contribution in [3.63, 3.8) is 0 Å². The van der Waals surface area contributed by atoms with E-state index in [1.54, 1.807) is 13.8 Å². The van der Waals surface area contributed by atoms with Crippen molar-refractivity contribution in [3.8, 4) is 0 Å². The van der Waals surface area contributed by atoms with E-state index in [0.717, 1.165) is 19.3 Å². The first kappa shape index (κ1) is 15.4. The third-order valence-electron chi connectivity index (χ3n) is 3.61. The van der Waals surface area contributed by atoms with Crippen LogP contribution in [0.25, 0.3) is 0 Å². The maximum atomic E-state index is 12.2. The second-order valence-electron chi connectivity index (χ2n) is 5.22. The van der Waals surface area contributed by atoms with Gasteiger partial charge in [0.1, 0.15) is 5.54 Å². The third-order valence-corrected chi connectivity index (χ3v) is 5.44. The van der Waals surface area contributed by atoms with Gasteiger partial charge in [0.05, 0.1) is 0 Å². The molecule has 0 heterocycles. The van der Waals surface area contributed by atoms with E-state index in [0.29, 0.717) is 12.8 Å². The zero-order valence-electron chi connectivity index (χ0n) is 11.3. The van der Waals surface area contributed by atoms with Crippen molar-refractivity contribution in [2.75, 3.05) is 7.05 Å². The largest absolute Gasteiger partial charge is 0.368 e. The highest BCUT2D eigenvalue weighted by Crippen LogP contribution is 2.29. The Bertz CT molecular complexity index is 400. The lowest BCUT2D eigenvalue weighted by atomic mass is 9.82. The topological polar surface area (TPSA) is 92.5 Å². The van der Waals surface area contributed by atoms with E-state index < -0.39 is 21.7 Å². The summed E-state index contributed by atoms with van der Waals surface area (Å²) in [6.45, 7) is 3.55. The zero-order chi connectivity index (χ0) is 14.0. The number of nitrogens with one attached hydrogen (secondary N) is 1. The lowest BCUT2D eigenvalue weighted by Gasteiger charge is -2.36. The van der Waals surface area contributed by atoms with Gasteiger partial charge in [-0.15, -0.1) is 0 Å². The molecule has 0 atom stereocenters. The van der Waals surface area contributed by atoms with Crippen molar-refractivity contribution in [2.24, 2.45) is 5.73 Å². The fourth-order valence-corrected chi connectivity index (χ4v) is 3.65. The summed E-state index contributed by atoms with van der Waals surface area (Å²) < 4.78 is 28.0. The van der Waals surface area contributed by atoms with Crippen LogP contribution in [0.4, 0.5) is 0 Å². The van der Waals surface area contributed by atoms with Crippen LogP contribution in [0, 0.1) is 0 Å². The number of rotatable bonds is 5. The molecule has 106 valence electrons. The Morgan fingerprint density at radius 1 is 1.28 bits per heavy atom. The Hall–Kier alpha value is -0.660. The average Bonchev–Trinajstić information content (AvgIpc) is 2.28. The Kier molecular flexibility index (Phi) is 4.74. The molecule has 0 unspecified atom stereocenters. The molecule has 0 radical (unpaired) electrons. The molecule has 0 bridgehead atoms. The van der Waals surface area contributed by atoms with Gasteiger partial charge in [0.2, 0.25) is 5.91 Å². The molecule has 3 N–H and O–H groups in total. The minimum absolute atomic E-state index is 0.170. The first-order valence-electron chi connectivity index (χ1n) is 6.28. The van der Waals surface area contributed by atoms with E-state index >= 15 is 0 Å². The standard InChI is InChI=1S/C11H23N3O3S/c1-9(2)14(3)18(16,17)13-11(10(12)15)7-5-4-6-8-11/h9,13H,4-8H2,1-3H3,(H2,12,15). The SMILES string of the molecule is CC(C)N(C)S(=O)(=O)NC1(C(N)=O)CCCCC1. The van der Waals surface area contributed by atoms with Crippen molar-refractivity contribution in [1.29, 1.82) is 0 Å². The van der Waals surface area contributed by atoms with Crippen molar-refractivity contribution in [1.82, 2.24) is 9.03 Å². The molecule has 0 saturated heterocycles. The van der Waals surface area contributed by atoms with E-state index in [2.05, 4.69) is 4.72 Å². The van der Waals surface area contributed by atoms with Gasteiger partial charge < -0.3 is 5.73 Å². The molecule has 0 aromatic rings. The predicted molar refractivity (Wildman–Crippen MR) is 70.0 cm³/mol. The zero-order valence-corrected chi connectivity index (χ0v) is 12.1. The number of primary amides is 1. The van der Waals surface area contributed by atoms with Crippen LogP contribution in [-0.2, 0) is 15.0 Å². The molecule has 0 spiro atoms. The second-order valence-corrected chi connectivity index (χ2v) is 6.95. The molecule has 1 saturated carbocycles. The smallest absolute Gasteiger partial charge is 0.280 e. The summed E-state index contributed by atoms with van der Waals surface area (Å²) in [5.41, 5.74) is 4.29. The molecule has 0 aliphatic heterocycles. The quantitative estimate of drug-likeness (QED) is 0.759. The number of nitrogens with two attached hydrogens (primary N) is 1. The predicted octanol–water partition coefficient (Wildman–Crippen LogP) is 0.349. The fraction of sp³-hybridized carbons (Fsp3) is 0.909. The average molecular weight is 277 g/mol. The van der Waals surface area contributed by atoms with Crippen LogP contribution >= 0.6 is 0 Å². The Morgan fingerprint density at radius 2 is 1.78 bits per heavy atom. The maximum Gasteiger partial charge on any atom is 0.280 e. The molecule has 1 aliphatic rings. The number of hydrogen-bond acceptors (Lipinski definition) is 3. The van der Waals surface area contributed by atoms with Crippen LogP contribution in [0.2, 0.25) is 0 Å². The van der Waals surface area contributed by atoms with Crippen molar-refractivity contribution < 1.29 is 13.2 Å². The minimum Gasteiger partial charge on any atom is -0.368 e. The van der Waals surface area contributed by atoms with Crippen LogP contribution in [0.3, 0.4) is 0 Å². The highest BCUT2D eigenvalue weighted by molar-refractivity contribution is 7.87. The van der Waals surface area contributed by atoms with Gasteiger partial charge in [-0.05, 0) is 26.7 Å². The van der Waals surface area contributed by atoms with Crippen LogP contribution < -0.4 is 10.5 Å². The van der Waals surface area contributed by atoms with E-state index in [4.69, 9.17) is 5.73 Å². The lowest BCUT2D eigenvalue weighted by Crippen LogP contribution is -2.61. The van der Waals surface area contributed by atoms with E-state index in [1.165, 1.54) is 11.4 Å². The summed E-state index contributed by atoms with van der Waals surface area (Å²) >= 11 is 0. The fourth-order valence-electron chi connectivity index (χ4n) is 2.15. The van der Waals surface area contributed by atoms with Crippen LogP contribution in [-0.4, -0.2) is 37.3 Å². The summed E-state index contributed by atoms with van der Waals surface area (Å²) in [5, 5.41) is 0. The first-order chi connectivity index (χ1) is 8.21.